The standard InChI is InChI=1S/C12H12O3/c1-2-7-14-11-8-9-5-3-4-6-10(9)12(13)15-11/h3-6,8H,2,7H2,1H3. The highest BCUT2D eigenvalue weighted by molar-refractivity contribution is 5.81. The zero-order valence-electron chi connectivity index (χ0n) is 8.53. The summed E-state index contributed by atoms with van der Waals surface area (Å²) in [5.41, 5.74) is -0.348. The second-order valence-corrected chi connectivity index (χ2v) is 3.29. The number of benzene rings is 1. The number of hydrogen-bond acceptors (Lipinski definition) is 3. The Bertz CT molecular complexity index is 514. The van der Waals surface area contributed by atoms with Gasteiger partial charge in [0.15, 0.2) is 0 Å². The largest absolute Gasteiger partial charge is 0.465 e. The van der Waals surface area contributed by atoms with E-state index in [1.54, 1.807) is 12.1 Å². The first-order valence-electron chi connectivity index (χ1n) is 4.97. The predicted octanol–water partition coefficient (Wildman–Crippen LogP) is 2.58. The van der Waals surface area contributed by atoms with Crippen molar-refractivity contribution < 1.29 is 9.15 Å². The van der Waals surface area contributed by atoms with Crippen molar-refractivity contribution in [3.63, 3.8) is 0 Å². The minimum absolute atomic E-state index is 0.292. The Kier molecular flexibility index (Phi) is 2.72. The molecule has 3 heteroatoms. The third-order valence-corrected chi connectivity index (χ3v) is 2.10. The van der Waals surface area contributed by atoms with Crippen LogP contribution < -0.4 is 10.4 Å². The highest BCUT2D eigenvalue weighted by atomic mass is 16.6. The molecule has 1 aromatic heterocycles. The molecule has 0 spiro atoms. The Morgan fingerprint density at radius 1 is 1.33 bits per heavy atom. The van der Waals surface area contributed by atoms with Gasteiger partial charge in [0.05, 0.1) is 12.0 Å². The molecule has 0 bridgehead atoms. The lowest BCUT2D eigenvalue weighted by atomic mass is 10.2. The van der Waals surface area contributed by atoms with E-state index in [2.05, 4.69) is 0 Å². The molecule has 1 aromatic carbocycles. The van der Waals surface area contributed by atoms with Gasteiger partial charge in [0.25, 0.3) is 5.95 Å². The molecule has 0 saturated heterocycles. The molecule has 0 atom stereocenters. The fourth-order valence-corrected chi connectivity index (χ4v) is 1.39. The molecular formula is C12H12O3. The van der Waals surface area contributed by atoms with Gasteiger partial charge in [-0.2, -0.15) is 0 Å². The zero-order valence-corrected chi connectivity index (χ0v) is 8.53. The van der Waals surface area contributed by atoms with Crippen molar-refractivity contribution in [1.82, 2.24) is 0 Å². The Labute approximate surface area is 87.3 Å². The van der Waals surface area contributed by atoms with Gasteiger partial charge in [-0.05, 0) is 17.9 Å². The summed E-state index contributed by atoms with van der Waals surface area (Å²) in [5.74, 6) is 0.292. The summed E-state index contributed by atoms with van der Waals surface area (Å²) in [6.45, 7) is 2.56. The first-order chi connectivity index (χ1) is 7.31. The molecule has 15 heavy (non-hydrogen) atoms. The highest BCUT2D eigenvalue weighted by Gasteiger charge is 2.03. The Hall–Kier alpha value is -1.77. The monoisotopic (exact) mass is 204 g/mol. The first kappa shape index (κ1) is 9.77. The van der Waals surface area contributed by atoms with Crippen molar-refractivity contribution in [3.05, 3.63) is 40.8 Å². The summed E-state index contributed by atoms with van der Waals surface area (Å²) in [6, 6.07) is 9.04. The molecule has 2 aromatic rings. The van der Waals surface area contributed by atoms with Crippen LogP contribution in [0.15, 0.2) is 39.5 Å². The lowest BCUT2D eigenvalue weighted by molar-refractivity contribution is 0.232. The van der Waals surface area contributed by atoms with Crippen molar-refractivity contribution >= 4 is 10.8 Å². The average Bonchev–Trinajstić information content (AvgIpc) is 2.26. The van der Waals surface area contributed by atoms with E-state index in [9.17, 15) is 4.79 Å². The number of rotatable bonds is 3. The van der Waals surface area contributed by atoms with Crippen LogP contribution in [0, 0.1) is 0 Å². The summed E-state index contributed by atoms with van der Waals surface area (Å²) in [6.07, 6.45) is 0.885. The van der Waals surface area contributed by atoms with Gasteiger partial charge in [-0.25, -0.2) is 4.79 Å². The lowest BCUT2D eigenvalue weighted by Crippen LogP contribution is -2.03. The van der Waals surface area contributed by atoms with E-state index >= 15 is 0 Å². The van der Waals surface area contributed by atoms with Gasteiger partial charge in [-0.15, -0.1) is 0 Å². The van der Waals surface area contributed by atoms with E-state index < -0.39 is 0 Å². The van der Waals surface area contributed by atoms with Gasteiger partial charge in [0.2, 0.25) is 0 Å². The van der Waals surface area contributed by atoms with Crippen LogP contribution in [0.1, 0.15) is 13.3 Å². The maximum absolute atomic E-state index is 11.5. The molecule has 0 N–H and O–H groups in total. The van der Waals surface area contributed by atoms with E-state index in [4.69, 9.17) is 9.15 Å². The third-order valence-electron chi connectivity index (χ3n) is 2.10. The van der Waals surface area contributed by atoms with Crippen LogP contribution in [0.25, 0.3) is 10.8 Å². The molecule has 2 rings (SSSR count). The Balaban J connectivity index is 2.48. The van der Waals surface area contributed by atoms with Crippen molar-refractivity contribution in [2.45, 2.75) is 13.3 Å². The van der Waals surface area contributed by atoms with Gasteiger partial charge in [-0.1, -0.05) is 25.1 Å². The number of hydrogen-bond donors (Lipinski definition) is 0. The number of ether oxygens (including phenoxy) is 1. The SMILES string of the molecule is CCCOc1cc2ccccc2c(=O)o1. The fraction of sp³-hybridized carbons (Fsp3) is 0.250. The van der Waals surface area contributed by atoms with Gasteiger partial charge < -0.3 is 9.15 Å². The summed E-state index contributed by atoms with van der Waals surface area (Å²) in [4.78, 5) is 11.5. The van der Waals surface area contributed by atoms with Crippen molar-refractivity contribution in [2.24, 2.45) is 0 Å². The van der Waals surface area contributed by atoms with Crippen LogP contribution in [0.3, 0.4) is 0 Å². The molecule has 0 amide bonds. The minimum atomic E-state index is -0.348. The molecule has 0 fully saturated rings. The van der Waals surface area contributed by atoms with Crippen molar-refractivity contribution in [1.29, 1.82) is 0 Å². The van der Waals surface area contributed by atoms with E-state index in [-0.39, 0.29) is 5.63 Å². The molecular weight excluding hydrogens is 192 g/mol. The van der Waals surface area contributed by atoms with E-state index in [0.717, 1.165) is 11.8 Å². The smallest absolute Gasteiger partial charge is 0.346 e. The van der Waals surface area contributed by atoms with Crippen LogP contribution in [0.2, 0.25) is 0 Å². The quantitative estimate of drug-likeness (QED) is 0.771. The van der Waals surface area contributed by atoms with Gasteiger partial charge in [-0.3, -0.25) is 0 Å². The summed E-state index contributed by atoms with van der Waals surface area (Å²) >= 11 is 0. The molecule has 0 saturated carbocycles. The summed E-state index contributed by atoms with van der Waals surface area (Å²) in [7, 11) is 0. The van der Waals surface area contributed by atoms with E-state index in [1.807, 2.05) is 25.1 Å². The van der Waals surface area contributed by atoms with E-state index in [0.29, 0.717) is 17.9 Å². The number of fused-ring (bicyclic) bond motifs is 1. The molecule has 0 aliphatic heterocycles. The van der Waals surface area contributed by atoms with E-state index in [1.165, 1.54) is 0 Å². The molecule has 0 aliphatic rings. The maximum atomic E-state index is 11.5. The molecule has 3 nitrogen and oxygen atoms in total. The van der Waals surface area contributed by atoms with Crippen molar-refractivity contribution in [3.8, 4) is 5.95 Å². The van der Waals surface area contributed by atoms with Crippen LogP contribution in [-0.2, 0) is 0 Å². The van der Waals surface area contributed by atoms with Gasteiger partial charge >= 0.3 is 5.63 Å². The second-order valence-electron chi connectivity index (χ2n) is 3.29. The topological polar surface area (TPSA) is 39.4 Å². The van der Waals surface area contributed by atoms with Crippen LogP contribution >= 0.6 is 0 Å². The predicted molar refractivity (Wildman–Crippen MR) is 58.3 cm³/mol. The zero-order chi connectivity index (χ0) is 10.7. The minimum Gasteiger partial charge on any atom is -0.465 e. The second kappa shape index (κ2) is 4.17. The third kappa shape index (κ3) is 2.01. The van der Waals surface area contributed by atoms with Crippen LogP contribution in [0.5, 0.6) is 5.95 Å². The fourth-order valence-electron chi connectivity index (χ4n) is 1.39. The molecule has 78 valence electrons. The van der Waals surface area contributed by atoms with Crippen LogP contribution in [-0.4, -0.2) is 6.61 Å². The maximum Gasteiger partial charge on any atom is 0.346 e. The molecule has 1 heterocycles. The Morgan fingerprint density at radius 3 is 2.93 bits per heavy atom. The average molecular weight is 204 g/mol. The molecule has 0 aliphatic carbocycles. The Morgan fingerprint density at radius 2 is 2.13 bits per heavy atom. The first-order valence-corrected chi connectivity index (χ1v) is 4.97. The van der Waals surface area contributed by atoms with Crippen molar-refractivity contribution in [2.75, 3.05) is 6.61 Å². The van der Waals surface area contributed by atoms with Crippen LogP contribution in [0.4, 0.5) is 0 Å². The van der Waals surface area contributed by atoms with Gasteiger partial charge in [0.1, 0.15) is 0 Å². The lowest BCUT2D eigenvalue weighted by Gasteiger charge is -2.03. The molecule has 0 unspecified atom stereocenters. The normalized spacial score (nSPS) is 10.5. The summed E-state index contributed by atoms with van der Waals surface area (Å²) in [5, 5.41) is 1.43. The molecule has 0 radical (unpaired) electrons. The van der Waals surface area contributed by atoms with Gasteiger partial charge in [0, 0.05) is 6.07 Å². The summed E-state index contributed by atoms with van der Waals surface area (Å²) < 4.78 is 10.3. The highest BCUT2D eigenvalue weighted by Crippen LogP contribution is 2.16.